The second-order valence-corrected chi connectivity index (χ2v) is 7.13. The highest BCUT2D eigenvalue weighted by molar-refractivity contribution is 7.11. The lowest BCUT2D eigenvalue weighted by molar-refractivity contribution is 0.100. The van der Waals surface area contributed by atoms with Crippen molar-refractivity contribution in [3.8, 4) is 11.3 Å². The Kier molecular flexibility index (Phi) is 6.46. The van der Waals surface area contributed by atoms with Gasteiger partial charge in [-0.15, -0.1) is 0 Å². The van der Waals surface area contributed by atoms with Gasteiger partial charge in [0.25, 0.3) is 5.91 Å². The van der Waals surface area contributed by atoms with Crippen molar-refractivity contribution < 1.29 is 23.5 Å². The molecule has 3 aromatic rings. The van der Waals surface area contributed by atoms with Gasteiger partial charge < -0.3 is 21.1 Å². The lowest BCUT2D eigenvalue weighted by Crippen LogP contribution is -2.20. The predicted molar refractivity (Wildman–Crippen MR) is 116 cm³/mol. The largest absolute Gasteiger partial charge is 0.453 e. The van der Waals surface area contributed by atoms with Crippen LogP contribution in [0, 0.1) is 12.7 Å². The van der Waals surface area contributed by atoms with Gasteiger partial charge in [0.05, 0.1) is 18.5 Å². The molecule has 0 fully saturated rings. The molecule has 4 amide bonds. The number of nitrogens with two attached hydrogens (primary N) is 1. The highest BCUT2D eigenvalue weighted by Gasteiger charge is 2.21. The van der Waals surface area contributed by atoms with Crippen LogP contribution in [-0.2, 0) is 4.74 Å². The quantitative estimate of drug-likeness (QED) is 0.469. The van der Waals surface area contributed by atoms with Crippen molar-refractivity contribution in [3.05, 3.63) is 59.4 Å². The number of nitrogens with one attached hydrogen (secondary N) is 3. The van der Waals surface area contributed by atoms with Gasteiger partial charge in [-0.2, -0.15) is 4.37 Å². The highest BCUT2D eigenvalue weighted by atomic mass is 32.1. The van der Waals surface area contributed by atoms with E-state index in [1.807, 2.05) is 0 Å². The molecule has 0 aliphatic heterocycles. The Hall–Kier alpha value is -3.99. The predicted octanol–water partition coefficient (Wildman–Crippen LogP) is 4.18. The third kappa shape index (κ3) is 5.14. The van der Waals surface area contributed by atoms with Crippen molar-refractivity contribution in [2.75, 3.05) is 23.1 Å². The molecule has 0 atom stereocenters. The molecule has 2 aromatic carbocycles. The van der Waals surface area contributed by atoms with Crippen LogP contribution in [-0.4, -0.2) is 29.5 Å². The minimum absolute atomic E-state index is 0.0452. The number of benzene rings is 2. The van der Waals surface area contributed by atoms with E-state index in [2.05, 4.69) is 25.1 Å². The molecular formula is C20H18FN5O4S. The molecule has 1 heterocycles. The molecule has 0 spiro atoms. The Bertz CT molecular complexity index is 1150. The van der Waals surface area contributed by atoms with E-state index in [0.717, 1.165) is 17.1 Å². The third-order valence-electron chi connectivity index (χ3n) is 4.13. The second kappa shape index (κ2) is 9.22. The van der Waals surface area contributed by atoms with Crippen molar-refractivity contribution in [2.45, 2.75) is 6.92 Å². The Labute approximate surface area is 180 Å². The van der Waals surface area contributed by atoms with Crippen molar-refractivity contribution in [2.24, 2.45) is 5.73 Å². The first kappa shape index (κ1) is 21.7. The fraction of sp³-hybridized carbons (Fsp3) is 0.100. The lowest BCUT2D eigenvalue weighted by atomic mass is 10.1. The van der Waals surface area contributed by atoms with Gasteiger partial charge in [0, 0.05) is 11.3 Å². The van der Waals surface area contributed by atoms with E-state index in [0.29, 0.717) is 11.3 Å². The van der Waals surface area contributed by atoms with Crippen LogP contribution in [0.25, 0.3) is 11.3 Å². The monoisotopic (exact) mass is 443 g/mol. The summed E-state index contributed by atoms with van der Waals surface area (Å²) in [7, 11) is 1.19. The zero-order chi connectivity index (χ0) is 22.5. The third-order valence-corrected chi connectivity index (χ3v) is 4.89. The van der Waals surface area contributed by atoms with Crippen molar-refractivity contribution >= 4 is 45.9 Å². The van der Waals surface area contributed by atoms with Crippen molar-refractivity contribution in [1.29, 1.82) is 0 Å². The molecule has 1 aromatic heterocycles. The Morgan fingerprint density at radius 2 is 1.77 bits per heavy atom. The summed E-state index contributed by atoms with van der Waals surface area (Å²) in [6, 6.07) is 10.2. The van der Waals surface area contributed by atoms with Crippen LogP contribution in [0.1, 0.15) is 15.9 Å². The maximum atomic E-state index is 13.8. The number of nitrogens with zero attached hydrogens (tertiary/aromatic N) is 1. The van der Waals surface area contributed by atoms with Gasteiger partial charge in [-0.25, -0.2) is 14.0 Å². The Morgan fingerprint density at radius 1 is 1.06 bits per heavy atom. The van der Waals surface area contributed by atoms with Gasteiger partial charge in [-0.1, -0.05) is 18.2 Å². The topological polar surface area (TPSA) is 135 Å². The van der Waals surface area contributed by atoms with Gasteiger partial charge in [-0.05, 0) is 48.3 Å². The van der Waals surface area contributed by atoms with E-state index in [-0.39, 0.29) is 21.9 Å². The van der Waals surface area contributed by atoms with Gasteiger partial charge in [0.15, 0.2) is 0 Å². The lowest BCUT2D eigenvalue weighted by Gasteiger charge is -2.10. The van der Waals surface area contributed by atoms with Crippen LogP contribution in [0.15, 0.2) is 42.5 Å². The van der Waals surface area contributed by atoms with E-state index in [4.69, 9.17) is 5.73 Å². The minimum atomic E-state index is -0.767. The SMILES string of the molecule is COC(=O)Nc1snc(-c2ccc(NC(=O)Nc3cc(C)ccc3F)cc2)c1C(N)=O. The van der Waals surface area contributed by atoms with Crippen LogP contribution in [0.3, 0.4) is 0 Å². The molecular weight excluding hydrogens is 425 g/mol. The molecule has 5 N–H and O–H groups in total. The summed E-state index contributed by atoms with van der Waals surface area (Å²) in [4.78, 5) is 35.5. The van der Waals surface area contributed by atoms with E-state index < -0.39 is 23.8 Å². The van der Waals surface area contributed by atoms with E-state index in [1.165, 1.54) is 19.2 Å². The number of primary amides is 1. The van der Waals surface area contributed by atoms with Gasteiger partial charge >= 0.3 is 12.1 Å². The fourth-order valence-corrected chi connectivity index (χ4v) is 3.47. The Balaban J connectivity index is 1.76. The molecule has 0 bridgehead atoms. The van der Waals surface area contributed by atoms with Crippen LogP contribution in [0.4, 0.5) is 30.4 Å². The molecule has 0 radical (unpaired) electrons. The minimum Gasteiger partial charge on any atom is -0.453 e. The number of methoxy groups -OCH3 is 1. The number of amides is 4. The molecule has 0 aliphatic rings. The first-order chi connectivity index (χ1) is 14.8. The zero-order valence-corrected chi connectivity index (χ0v) is 17.3. The highest BCUT2D eigenvalue weighted by Crippen LogP contribution is 2.32. The summed E-state index contributed by atoms with van der Waals surface area (Å²) in [5.41, 5.74) is 7.60. The number of anilines is 3. The maximum Gasteiger partial charge on any atom is 0.412 e. The van der Waals surface area contributed by atoms with E-state index in [1.54, 1.807) is 37.3 Å². The Morgan fingerprint density at radius 3 is 2.42 bits per heavy atom. The van der Waals surface area contributed by atoms with Crippen LogP contribution < -0.4 is 21.7 Å². The standard InChI is InChI=1S/C20H18FN5O4S/c1-10-3-8-13(21)14(9-10)24-19(28)23-12-6-4-11(5-7-12)16-15(17(22)27)18(31-26-16)25-20(29)30-2/h3-9H,1-2H3,(H2,22,27)(H,25,29)(H2,23,24,28). The molecule has 0 saturated carbocycles. The van der Waals surface area contributed by atoms with Gasteiger partial charge in [-0.3, -0.25) is 10.1 Å². The molecule has 0 saturated heterocycles. The number of halogens is 1. The van der Waals surface area contributed by atoms with Gasteiger partial charge in [0.2, 0.25) is 0 Å². The summed E-state index contributed by atoms with van der Waals surface area (Å²) in [6.45, 7) is 1.78. The first-order valence-electron chi connectivity index (χ1n) is 8.87. The van der Waals surface area contributed by atoms with Crippen molar-refractivity contribution in [3.63, 3.8) is 0 Å². The number of urea groups is 1. The molecule has 11 heteroatoms. The van der Waals surface area contributed by atoms with Crippen LogP contribution in [0.5, 0.6) is 0 Å². The van der Waals surface area contributed by atoms with E-state index >= 15 is 0 Å². The van der Waals surface area contributed by atoms with E-state index in [9.17, 15) is 18.8 Å². The van der Waals surface area contributed by atoms with Crippen molar-refractivity contribution in [1.82, 2.24) is 4.37 Å². The zero-order valence-electron chi connectivity index (χ0n) is 16.5. The average Bonchev–Trinajstić information content (AvgIpc) is 3.15. The number of carbonyl (C=O) groups excluding carboxylic acids is 3. The summed E-state index contributed by atoms with van der Waals surface area (Å²) in [5.74, 6) is -1.31. The molecule has 0 unspecified atom stereocenters. The summed E-state index contributed by atoms with van der Waals surface area (Å²) in [6.07, 6.45) is -0.756. The average molecular weight is 443 g/mol. The summed E-state index contributed by atoms with van der Waals surface area (Å²) >= 11 is 0.884. The molecule has 160 valence electrons. The summed E-state index contributed by atoms with van der Waals surface area (Å²) < 4.78 is 22.5. The van der Waals surface area contributed by atoms with Crippen LogP contribution >= 0.6 is 11.5 Å². The number of carbonyl (C=O) groups is 3. The smallest absolute Gasteiger partial charge is 0.412 e. The fourth-order valence-electron chi connectivity index (χ4n) is 2.68. The number of hydrogen-bond donors (Lipinski definition) is 4. The molecule has 0 aliphatic carbocycles. The molecule has 31 heavy (non-hydrogen) atoms. The molecule has 3 rings (SSSR count). The molecule has 9 nitrogen and oxygen atoms in total. The number of ether oxygens (including phenoxy) is 1. The van der Waals surface area contributed by atoms with Crippen LogP contribution in [0.2, 0.25) is 0 Å². The normalized spacial score (nSPS) is 10.3. The maximum absolute atomic E-state index is 13.8. The van der Waals surface area contributed by atoms with Gasteiger partial charge in [0.1, 0.15) is 16.4 Å². The number of aromatic nitrogens is 1. The number of hydrogen-bond acceptors (Lipinski definition) is 6. The summed E-state index contributed by atoms with van der Waals surface area (Å²) in [5, 5.41) is 7.60. The number of aryl methyl sites for hydroxylation is 1. The number of rotatable bonds is 5. The first-order valence-corrected chi connectivity index (χ1v) is 9.65. The second-order valence-electron chi connectivity index (χ2n) is 6.36.